The van der Waals surface area contributed by atoms with Crippen molar-refractivity contribution >= 4 is 11.4 Å². The highest BCUT2D eigenvalue weighted by atomic mass is 16.5. The van der Waals surface area contributed by atoms with Crippen LogP contribution in [0.1, 0.15) is 43.4 Å². The third-order valence-electron chi connectivity index (χ3n) is 6.44. The van der Waals surface area contributed by atoms with Crippen LogP contribution < -0.4 is 5.56 Å². The Bertz CT molecular complexity index is 1260. The molecule has 1 amide bonds. The molecule has 0 aliphatic carbocycles. The summed E-state index contributed by atoms with van der Waals surface area (Å²) in [4.78, 5) is 27.6. The predicted molar refractivity (Wildman–Crippen MR) is 128 cm³/mol. The molecule has 3 heterocycles. The van der Waals surface area contributed by atoms with Gasteiger partial charge in [0.15, 0.2) is 0 Å². The molecule has 4 rings (SSSR count). The maximum Gasteiger partial charge on any atom is 0.277 e. The molecule has 8 heteroatoms. The first-order valence-corrected chi connectivity index (χ1v) is 11.5. The van der Waals surface area contributed by atoms with Gasteiger partial charge in [0.05, 0.1) is 12.1 Å². The summed E-state index contributed by atoms with van der Waals surface area (Å²) in [6.07, 6.45) is 2.69. The molecule has 1 aliphatic rings. The van der Waals surface area contributed by atoms with Crippen molar-refractivity contribution in [2.24, 2.45) is 0 Å². The number of nitrogens with zero attached hydrogens (tertiary/aromatic N) is 4. The molecule has 0 bridgehead atoms. The summed E-state index contributed by atoms with van der Waals surface area (Å²) in [6.45, 7) is 3.41. The van der Waals surface area contributed by atoms with Crippen LogP contribution in [-0.2, 0) is 16.1 Å². The van der Waals surface area contributed by atoms with Crippen molar-refractivity contribution in [1.29, 1.82) is 0 Å². The van der Waals surface area contributed by atoms with E-state index in [2.05, 4.69) is 23.9 Å². The molecule has 0 unspecified atom stereocenters. The average Bonchev–Trinajstić information content (AvgIpc) is 3.25. The first kappa shape index (κ1) is 23.7. The number of piperidine rings is 1. The SMILES string of the molecule is COCC#Cc1ccc2c(=O)n(CC3(O)CCN(C(=O)C[C@@H](C)c4ccccc4)CC3)cnn12. The number of hydrogen-bond acceptors (Lipinski definition) is 5. The number of likely N-dealkylation sites (tertiary alicyclic amines) is 1. The van der Waals surface area contributed by atoms with E-state index in [0.29, 0.717) is 50.2 Å². The van der Waals surface area contributed by atoms with Crippen LogP contribution in [-0.4, -0.2) is 62.5 Å². The lowest BCUT2D eigenvalue weighted by Gasteiger charge is -2.38. The van der Waals surface area contributed by atoms with E-state index < -0.39 is 5.60 Å². The van der Waals surface area contributed by atoms with Crippen LogP contribution in [0.5, 0.6) is 0 Å². The summed E-state index contributed by atoms with van der Waals surface area (Å²) in [6, 6.07) is 13.4. The van der Waals surface area contributed by atoms with Crippen molar-refractivity contribution < 1.29 is 14.6 Å². The molecule has 1 aliphatic heterocycles. The number of carbonyl (C=O) groups is 1. The minimum absolute atomic E-state index is 0.0916. The fraction of sp³-hybridized carbons (Fsp3) is 0.423. The highest BCUT2D eigenvalue weighted by Gasteiger charge is 2.35. The molecule has 34 heavy (non-hydrogen) atoms. The van der Waals surface area contributed by atoms with E-state index in [1.807, 2.05) is 35.2 Å². The van der Waals surface area contributed by atoms with E-state index in [9.17, 15) is 14.7 Å². The van der Waals surface area contributed by atoms with Crippen LogP contribution in [0.15, 0.2) is 53.6 Å². The van der Waals surface area contributed by atoms with Crippen LogP contribution in [0.4, 0.5) is 0 Å². The standard InChI is InChI=1S/C26H30N4O4/c1-20(21-7-4-3-5-8-21)17-24(31)28-14-12-26(33,13-15-28)18-29-19-27-30-22(9-6-16-34-2)10-11-23(30)25(29)32/h3-5,7-8,10-11,19-20,33H,12-18H2,1-2H3/t20-/m1/s1. The van der Waals surface area contributed by atoms with Gasteiger partial charge in [0.2, 0.25) is 5.91 Å². The summed E-state index contributed by atoms with van der Waals surface area (Å²) in [5.74, 6) is 6.02. The molecule has 3 aromatic rings. The summed E-state index contributed by atoms with van der Waals surface area (Å²) >= 11 is 0. The largest absolute Gasteiger partial charge is 0.388 e. The van der Waals surface area contributed by atoms with Gasteiger partial charge in [-0.2, -0.15) is 5.10 Å². The average molecular weight is 463 g/mol. The number of aromatic nitrogens is 3. The van der Waals surface area contributed by atoms with E-state index in [4.69, 9.17) is 4.74 Å². The Morgan fingerprint density at radius 3 is 2.65 bits per heavy atom. The lowest BCUT2D eigenvalue weighted by molar-refractivity contribution is -0.136. The normalized spacial score (nSPS) is 16.1. The Morgan fingerprint density at radius 1 is 1.21 bits per heavy atom. The monoisotopic (exact) mass is 462 g/mol. The van der Waals surface area contributed by atoms with Crippen LogP contribution in [0.3, 0.4) is 0 Å². The third kappa shape index (κ3) is 5.22. The van der Waals surface area contributed by atoms with Crippen LogP contribution in [0, 0.1) is 11.8 Å². The second kappa shape index (κ2) is 10.2. The molecule has 1 atom stereocenters. The van der Waals surface area contributed by atoms with Crippen molar-refractivity contribution in [2.45, 2.75) is 44.2 Å². The maximum absolute atomic E-state index is 13.0. The quantitative estimate of drug-likeness (QED) is 0.567. The van der Waals surface area contributed by atoms with Crippen molar-refractivity contribution in [3.05, 3.63) is 70.4 Å². The fourth-order valence-corrected chi connectivity index (χ4v) is 4.37. The van der Waals surface area contributed by atoms with Gasteiger partial charge in [0, 0.05) is 26.6 Å². The number of ether oxygens (including phenoxy) is 1. The number of fused-ring (bicyclic) bond motifs is 1. The van der Waals surface area contributed by atoms with E-state index in [0.717, 1.165) is 5.56 Å². The summed E-state index contributed by atoms with van der Waals surface area (Å²) in [5.41, 5.74) is 0.837. The number of amides is 1. The number of methoxy groups -OCH3 is 1. The van der Waals surface area contributed by atoms with Crippen molar-refractivity contribution in [3.8, 4) is 11.8 Å². The molecule has 1 aromatic carbocycles. The van der Waals surface area contributed by atoms with Crippen LogP contribution >= 0.6 is 0 Å². The Balaban J connectivity index is 1.39. The number of benzene rings is 1. The zero-order chi connectivity index (χ0) is 24.1. The van der Waals surface area contributed by atoms with Crippen molar-refractivity contribution in [2.75, 3.05) is 26.8 Å². The molecule has 1 fully saturated rings. The highest BCUT2D eigenvalue weighted by Crippen LogP contribution is 2.26. The molecular weight excluding hydrogens is 432 g/mol. The highest BCUT2D eigenvalue weighted by molar-refractivity contribution is 5.77. The Hall–Kier alpha value is -3.41. The molecule has 2 aromatic heterocycles. The van der Waals surface area contributed by atoms with E-state index in [-0.39, 0.29) is 23.9 Å². The van der Waals surface area contributed by atoms with Crippen molar-refractivity contribution in [1.82, 2.24) is 19.1 Å². The second-order valence-electron chi connectivity index (χ2n) is 8.94. The van der Waals surface area contributed by atoms with Gasteiger partial charge in [0.25, 0.3) is 5.56 Å². The Morgan fingerprint density at radius 2 is 1.94 bits per heavy atom. The lowest BCUT2D eigenvalue weighted by Crippen LogP contribution is -2.49. The minimum Gasteiger partial charge on any atom is -0.388 e. The van der Waals surface area contributed by atoms with E-state index in [1.54, 1.807) is 19.2 Å². The Labute approximate surface area is 198 Å². The van der Waals surface area contributed by atoms with Gasteiger partial charge in [-0.05, 0) is 42.4 Å². The van der Waals surface area contributed by atoms with Crippen LogP contribution in [0.25, 0.3) is 5.52 Å². The second-order valence-corrected chi connectivity index (χ2v) is 8.94. The van der Waals surface area contributed by atoms with Crippen LogP contribution in [0.2, 0.25) is 0 Å². The Kier molecular flexibility index (Phi) is 7.15. The molecular formula is C26H30N4O4. The van der Waals surface area contributed by atoms with Gasteiger partial charge < -0.3 is 14.7 Å². The predicted octanol–water partition coefficient (Wildman–Crippen LogP) is 2.04. The topological polar surface area (TPSA) is 89.1 Å². The third-order valence-corrected chi connectivity index (χ3v) is 6.44. The molecule has 0 saturated carbocycles. The van der Waals surface area contributed by atoms with Gasteiger partial charge in [-0.25, -0.2) is 4.52 Å². The zero-order valence-electron chi connectivity index (χ0n) is 19.6. The van der Waals surface area contributed by atoms with Gasteiger partial charge in [0.1, 0.15) is 24.1 Å². The molecule has 0 radical (unpaired) electrons. The van der Waals surface area contributed by atoms with E-state index in [1.165, 1.54) is 15.4 Å². The molecule has 1 saturated heterocycles. The number of carbonyl (C=O) groups excluding carboxylic acids is 1. The molecule has 178 valence electrons. The van der Waals surface area contributed by atoms with Gasteiger partial charge in [-0.1, -0.05) is 43.2 Å². The van der Waals surface area contributed by atoms with Gasteiger partial charge in [-0.3, -0.25) is 14.2 Å². The molecule has 8 nitrogen and oxygen atoms in total. The summed E-state index contributed by atoms with van der Waals surface area (Å²) < 4.78 is 7.87. The first-order chi connectivity index (χ1) is 16.4. The smallest absolute Gasteiger partial charge is 0.277 e. The first-order valence-electron chi connectivity index (χ1n) is 11.5. The lowest BCUT2D eigenvalue weighted by atomic mass is 9.90. The van der Waals surface area contributed by atoms with Gasteiger partial charge in [-0.15, -0.1) is 0 Å². The summed E-state index contributed by atoms with van der Waals surface area (Å²) in [7, 11) is 1.57. The maximum atomic E-state index is 13.0. The van der Waals surface area contributed by atoms with Crippen molar-refractivity contribution in [3.63, 3.8) is 0 Å². The fourth-order valence-electron chi connectivity index (χ4n) is 4.37. The molecule has 1 N–H and O–H groups in total. The van der Waals surface area contributed by atoms with E-state index >= 15 is 0 Å². The number of aliphatic hydroxyl groups is 1. The number of rotatable bonds is 6. The minimum atomic E-state index is -1.07. The number of hydrogen-bond donors (Lipinski definition) is 1. The molecule has 0 spiro atoms. The zero-order valence-corrected chi connectivity index (χ0v) is 19.6. The summed E-state index contributed by atoms with van der Waals surface area (Å²) in [5, 5.41) is 15.5. The van der Waals surface area contributed by atoms with Gasteiger partial charge >= 0.3 is 0 Å².